The lowest BCUT2D eigenvalue weighted by atomic mass is 9.99. The van der Waals surface area contributed by atoms with Gasteiger partial charge in [-0.1, -0.05) is 30.4 Å². The molecule has 7 nitrogen and oxygen atoms in total. The van der Waals surface area contributed by atoms with E-state index in [-0.39, 0.29) is 11.2 Å². The molecule has 5 rings (SSSR count). The van der Waals surface area contributed by atoms with Gasteiger partial charge in [0, 0.05) is 12.4 Å². The van der Waals surface area contributed by atoms with Gasteiger partial charge in [-0.25, -0.2) is 0 Å². The van der Waals surface area contributed by atoms with Crippen molar-refractivity contribution in [1.29, 1.82) is 0 Å². The van der Waals surface area contributed by atoms with E-state index in [4.69, 9.17) is 4.42 Å². The normalized spacial score (nSPS) is 15.9. The zero-order chi connectivity index (χ0) is 20.1. The molecule has 8 heteroatoms. The minimum Gasteiger partial charge on any atom is -0.450 e. The molecule has 0 bridgehead atoms. The Balaban J connectivity index is 1.82. The first-order valence-electron chi connectivity index (χ1n) is 9.21. The number of benzene rings is 1. The van der Waals surface area contributed by atoms with E-state index < -0.39 is 11.9 Å². The van der Waals surface area contributed by atoms with Crippen molar-refractivity contribution in [3.8, 4) is 0 Å². The highest BCUT2D eigenvalue weighted by Gasteiger charge is 2.45. The molecule has 144 valence electrons. The molecule has 0 saturated heterocycles. The molecule has 0 N–H and O–H groups in total. The van der Waals surface area contributed by atoms with Crippen molar-refractivity contribution in [2.24, 2.45) is 0 Å². The van der Waals surface area contributed by atoms with Crippen molar-refractivity contribution in [3.05, 3.63) is 80.4 Å². The fraction of sp³-hybridized carbons (Fsp3) is 0.190. The highest BCUT2D eigenvalue weighted by molar-refractivity contribution is 7.15. The maximum Gasteiger partial charge on any atom is 0.297 e. The number of amides is 1. The first kappa shape index (κ1) is 17.7. The molecule has 1 aromatic carbocycles. The van der Waals surface area contributed by atoms with Gasteiger partial charge in [0.15, 0.2) is 5.43 Å². The summed E-state index contributed by atoms with van der Waals surface area (Å²) < 4.78 is 5.95. The predicted octanol–water partition coefficient (Wildman–Crippen LogP) is 3.66. The topological polar surface area (TPSA) is 89.2 Å². The number of carbonyl (C=O) groups excluding carboxylic acids is 1. The number of hydrogen-bond acceptors (Lipinski definition) is 7. The third-order valence-electron chi connectivity index (χ3n) is 5.06. The predicted molar refractivity (Wildman–Crippen MR) is 109 cm³/mol. The first-order chi connectivity index (χ1) is 14.1. The number of anilines is 1. The molecule has 1 unspecified atom stereocenters. The van der Waals surface area contributed by atoms with Crippen molar-refractivity contribution in [1.82, 2.24) is 15.2 Å². The number of fused-ring (bicyclic) bond motifs is 2. The van der Waals surface area contributed by atoms with E-state index in [9.17, 15) is 9.59 Å². The number of hydrogen-bond donors (Lipinski definition) is 0. The zero-order valence-corrected chi connectivity index (χ0v) is 16.6. The average molecular weight is 404 g/mol. The largest absolute Gasteiger partial charge is 0.450 e. The highest BCUT2D eigenvalue weighted by atomic mass is 32.1. The summed E-state index contributed by atoms with van der Waals surface area (Å²) in [7, 11) is 0. The summed E-state index contributed by atoms with van der Waals surface area (Å²) in [5, 5.41) is 9.80. The van der Waals surface area contributed by atoms with Crippen LogP contribution in [0.3, 0.4) is 0 Å². The number of carbonyl (C=O) groups is 1. The molecule has 1 aliphatic rings. The molecule has 4 heterocycles. The van der Waals surface area contributed by atoms with E-state index in [0.29, 0.717) is 27.2 Å². The standard InChI is InChI=1S/C21H16N4O3S/c1-3-12-6-7-15-14(9-12)18(26)16-17(13-5-4-8-22-10-13)25(20(27)19(16)28-15)21-24-23-11(2)29-21/h4-10,17H,3H2,1-2H3. The maximum atomic E-state index is 13.5. The van der Waals surface area contributed by atoms with Crippen LogP contribution in [0.25, 0.3) is 11.0 Å². The lowest BCUT2D eigenvalue weighted by Gasteiger charge is -2.21. The Bertz CT molecular complexity index is 1310. The second-order valence-corrected chi connectivity index (χ2v) is 7.99. The van der Waals surface area contributed by atoms with E-state index in [1.807, 2.05) is 32.0 Å². The van der Waals surface area contributed by atoms with Crippen LogP contribution < -0.4 is 10.3 Å². The van der Waals surface area contributed by atoms with Crippen LogP contribution >= 0.6 is 11.3 Å². The van der Waals surface area contributed by atoms with Crippen molar-refractivity contribution >= 4 is 33.3 Å². The number of rotatable bonds is 3. The van der Waals surface area contributed by atoms with Crippen LogP contribution in [0.15, 0.2) is 51.9 Å². The molecule has 3 aromatic heterocycles. The van der Waals surface area contributed by atoms with E-state index in [2.05, 4.69) is 15.2 Å². The summed E-state index contributed by atoms with van der Waals surface area (Å²) in [5.74, 6) is -0.350. The van der Waals surface area contributed by atoms with Gasteiger partial charge >= 0.3 is 0 Å². The summed E-state index contributed by atoms with van der Waals surface area (Å²) in [4.78, 5) is 32.5. The quantitative estimate of drug-likeness (QED) is 0.518. The highest BCUT2D eigenvalue weighted by Crippen LogP contribution is 2.41. The molecule has 0 saturated carbocycles. The van der Waals surface area contributed by atoms with Gasteiger partial charge < -0.3 is 4.42 Å². The third-order valence-corrected chi connectivity index (χ3v) is 5.90. The zero-order valence-electron chi connectivity index (χ0n) is 15.7. The summed E-state index contributed by atoms with van der Waals surface area (Å²) in [6, 6.07) is 8.45. The lowest BCUT2D eigenvalue weighted by molar-refractivity contribution is 0.0970. The van der Waals surface area contributed by atoms with Crippen molar-refractivity contribution < 1.29 is 9.21 Å². The van der Waals surface area contributed by atoms with Crippen molar-refractivity contribution in [3.63, 3.8) is 0 Å². The molecular formula is C21H16N4O3S. The van der Waals surface area contributed by atoms with Gasteiger partial charge in [-0.3, -0.25) is 19.5 Å². The van der Waals surface area contributed by atoms with E-state index in [1.54, 1.807) is 24.5 Å². The van der Waals surface area contributed by atoms with Crippen LogP contribution in [0.5, 0.6) is 0 Å². The molecular weight excluding hydrogens is 388 g/mol. The summed E-state index contributed by atoms with van der Waals surface area (Å²) >= 11 is 1.29. The Morgan fingerprint density at radius 2 is 2.07 bits per heavy atom. The van der Waals surface area contributed by atoms with Crippen LogP contribution in [0.1, 0.15) is 45.2 Å². The lowest BCUT2D eigenvalue weighted by Crippen LogP contribution is -2.29. The Morgan fingerprint density at radius 3 is 2.76 bits per heavy atom. The Hall–Kier alpha value is -3.39. The van der Waals surface area contributed by atoms with Gasteiger partial charge in [0.25, 0.3) is 5.91 Å². The summed E-state index contributed by atoms with van der Waals surface area (Å²) in [5.41, 5.74) is 2.26. The summed E-state index contributed by atoms with van der Waals surface area (Å²) in [6.45, 7) is 3.84. The summed E-state index contributed by atoms with van der Waals surface area (Å²) in [6.07, 6.45) is 4.10. The van der Waals surface area contributed by atoms with E-state index >= 15 is 0 Å². The fourth-order valence-electron chi connectivity index (χ4n) is 3.67. The second-order valence-electron chi connectivity index (χ2n) is 6.83. The molecule has 4 aromatic rings. The van der Waals surface area contributed by atoms with Crippen LogP contribution in [-0.4, -0.2) is 21.1 Å². The minimum absolute atomic E-state index is 0.0495. The van der Waals surface area contributed by atoms with Gasteiger partial charge in [-0.15, -0.1) is 10.2 Å². The molecule has 0 radical (unpaired) electrons. The second kappa shape index (κ2) is 6.59. The van der Waals surface area contributed by atoms with E-state index in [0.717, 1.165) is 17.0 Å². The first-order valence-corrected chi connectivity index (χ1v) is 10.0. The smallest absolute Gasteiger partial charge is 0.297 e. The molecule has 0 fully saturated rings. The number of aryl methyl sites for hydroxylation is 2. The SMILES string of the molecule is CCc1ccc2oc3c(c(=O)c2c1)C(c1cccnc1)N(c1nnc(C)s1)C3=O. The molecule has 0 aliphatic carbocycles. The molecule has 1 aliphatic heterocycles. The van der Waals surface area contributed by atoms with Gasteiger partial charge in [-0.2, -0.15) is 0 Å². The molecule has 1 amide bonds. The fourth-order valence-corrected chi connectivity index (χ4v) is 4.39. The Kier molecular flexibility index (Phi) is 4.02. The van der Waals surface area contributed by atoms with Crippen LogP contribution in [0, 0.1) is 6.92 Å². The molecule has 0 spiro atoms. The van der Waals surface area contributed by atoms with Gasteiger partial charge in [-0.05, 0) is 42.7 Å². The Labute approximate surface area is 169 Å². The minimum atomic E-state index is -0.663. The van der Waals surface area contributed by atoms with Crippen molar-refractivity contribution in [2.45, 2.75) is 26.3 Å². The molecule has 29 heavy (non-hydrogen) atoms. The van der Waals surface area contributed by atoms with Gasteiger partial charge in [0.05, 0.1) is 17.0 Å². The monoisotopic (exact) mass is 404 g/mol. The average Bonchev–Trinajstić information content (AvgIpc) is 3.30. The van der Waals surface area contributed by atoms with Crippen LogP contribution in [-0.2, 0) is 6.42 Å². The molecule has 1 atom stereocenters. The number of pyridine rings is 1. The van der Waals surface area contributed by atoms with Gasteiger partial charge in [0.2, 0.25) is 10.9 Å². The number of nitrogens with zero attached hydrogens (tertiary/aromatic N) is 4. The van der Waals surface area contributed by atoms with Crippen LogP contribution in [0.2, 0.25) is 0 Å². The van der Waals surface area contributed by atoms with Crippen molar-refractivity contribution in [2.75, 3.05) is 4.90 Å². The Morgan fingerprint density at radius 1 is 1.21 bits per heavy atom. The van der Waals surface area contributed by atoms with Gasteiger partial charge in [0.1, 0.15) is 10.6 Å². The maximum absolute atomic E-state index is 13.5. The van der Waals surface area contributed by atoms with Crippen LogP contribution in [0.4, 0.5) is 5.13 Å². The number of aromatic nitrogens is 3. The third kappa shape index (κ3) is 2.67. The van der Waals surface area contributed by atoms with E-state index in [1.165, 1.54) is 16.2 Å².